The maximum Gasteiger partial charge on any atom is 0.238 e. The van der Waals surface area contributed by atoms with E-state index in [9.17, 15) is 5.26 Å². The number of hydrogen-bond donors (Lipinski definition) is 0. The number of benzene rings is 1. The number of methoxy groups -OCH3 is 1. The lowest BCUT2D eigenvalue weighted by molar-refractivity contribution is 0.311. The fourth-order valence-electron chi connectivity index (χ4n) is 3.02. The molecule has 1 aromatic carbocycles. The molecule has 0 N–H and O–H groups in total. The minimum Gasteiger partial charge on any atom is -0.493 e. The van der Waals surface area contributed by atoms with Gasteiger partial charge in [0.25, 0.3) is 0 Å². The number of hydrogen-bond acceptors (Lipinski definition) is 7. The molecule has 0 radical (unpaired) electrons. The Kier molecular flexibility index (Phi) is 5.39. The highest BCUT2D eigenvalue weighted by Gasteiger charge is 2.26. The number of rotatable bonds is 7. The van der Waals surface area contributed by atoms with Crippen molar-refractivity contribution in [2.75, 3.05) is 13.7 Å². The molecular weight excluding hydrogens is 384 g/mol. The molecule has 3 heterocycles. The quantitative estimate of drug-likeness (QED) is 0.361. The fraction of sp³-hybridized carbons (Fsp3) is 0.130. The highest BCUT2D eigenvalue weighted by Crippen LogP contribution is 2.42. The van der Waals surface area contributed by atoms with Gasteiger partial charge >= 0.3 is 0 Å². The van der Waals surface area contributed by atoms with Gasteiger partial charge in [0, 0.05) is 6.21 Å². The lowest BCUT2D eigenvalue weighted by Crippen LogP contribution is -1.96. The van der Waals surface area contributed by atoms with Gasteiger partial charge in [-0.2, -0.15) is 5.26 Å². The van der Waals surface area contributed by atoms with Crippen LogP contribution >= 0.6 is 0 Å². The van der Waals surface area contributed by atoms with Crippen molar-refractivity contribution in [3.8, 4) is 40.4 Å². The third-order valence-electron chi connectivity index (χ3n) is 4.33. The van der Waals surface area contributed by atoms with Crippen molar-refractivity contribution < 1.29 is 22.7 Å². The van der Waals surface area contributed by atoms with Crippen LogP contribution in [0.15, 0.2) is 73.2 Å². The molecule has 7 heteroatoms. The van der Waals surface area contributed by atoms with Crippen LogP contribution in [0.5, 0.6) is 11.5 Å². The summed E-state index contributed by atoms with van der Waals surface area (Å²) in [5, 5.41) is 9.79. The predicted octanol–water partition coefficient (Wildman–Crippen LogP) is 5.83. The molecule has 7 nitrogen and oxygen atoms in total. The van der Waals surface area contributed by atoms with E-state index in [2.05, 4.69) is 11.1 Å². The first-order valence-electron chi connectivity index (χ1n) is 9.24. The summed E-state index contributed by atoms with van der Waals surface area (Å²) in [7, 11) is 1.57. The monoisotopic (exact) mass is 402 g/mol. The maximum absolute atomic E-state index is 9.79. The molecule has 4 aromatic rings. The van der Waals surface area contributed by atoms with Crippen molar-refractivity contribution in [2.45, 2.75) is 6.92 Å². The van der Waals surface area contributed by atoms with E-state index in [1.165, 1.54) is 12.5 Å². The van der Waals surface area contributed by atoms with Crippen LogP contribution in [-0.2, 0) is 0 Å². The Morgan fingerprint density at radius 2 is 1.83 bits per heavy atom. The second kappa shape index (κ2) is 8.45. The molecule has 0 aliphatic carbocycles. The maximum atomic E-state index is 9.79. The molecule has 0 bridgehead atoms. The topological polar surface area (TPSA) is 94.0 Å². The highest BCUT2D eigenvalue weighted by molar-refractivity contribution is 5.87. The highest BCUT2D eigenvalue weighted by atomic mass is 16.5. The number of ether oxygens (including phenoxy) is 2. The van der Waals surface area contributed by atoms with Gasteiger partial charge in [-0.25, -0.2) is 4.99 Å². The van der Waals surface area contributed by atoms with Crippen molar-refractivity contribution in [2.24, 2.45) is 4.99 Å². The summed E-state index contributed by atoms with van der Waals surface area (Å²) in [6.45, 7) is 2.44. The third-order valence-corrected chi connectivity index (χ3v) is 4.33. The van der Waals surface area contributed by atoms with E-state index in [1.807, 2.05) is 13.0 Å². The van der Waals surface area contributed by atoms with Gasteiger partial charge in [-0.15, -0.1) is 0 Å². The van der Waals surface area contributed by atoms with Crippen LogP contribution in [0.4, 0.5) is 5.88 Å². The van der Waals surface area contributed by atoms with Gasteiger partial charge in [0.2, 0.25) is 5.88 Å². The summed E-state index contributed by atoms with van der Waals surface area (Å²) in [5.74, 6) is 2.74. The molecule has 0 aliphatic rings. The van der Waals surface area contributed by atoms with Gasteiger partial charge in [-0.05, 0) is 55.0 Å². The van der Waals surface area contributed by atoms with Gasteiger partial charge in [0.15, 0.2) is 23.0 Å². The van der Waals surface area contributed by atoms with Crippen LogP contribution in [0.25, 0.3) is 22.8 Å². The first-order valence-corrected chi connectivity index (χ1v) is 9.24. The van der Waals surface area contributed by atoms with Gasteiger partial charge < -0.3 is 22.7 Å². The summed E-state index contributed by atoms with van der Waals surface area (Å²) in [4.78, 5) is 4.41. The summed E-state index contributed by atoms with van der Waals surface area (Å²) in [5.41, 5.74) is 1.51. The Balaban J connectivity index is 1.77. The predicted molar refractivity (Wildman–Crippen MR) is 110 cm³/mol. The molecule has 0 saturated heterocycles. The third kappa shape index (κ3) is 3.59. The summed E-state index contributed by atoms with van der Waals surface area (Å²) < 4.78 is 27.8. The normalized spacial score (nSPS) is 11.0. The van der Waals surface area contributed by atoms with Crippen LogP contribution in [0.2, 0.25) is 0 Å². The minimum atomic E-state index is 0.156. The Bertz CT molecular complexity index is 1200. The zero-order valence-electron chi connectivity index (χ0n) is 16.4. The van der Waals surface area contributed by atoms with Crippen LogP contribution in [0.1, 0.15) is 18.1 Å². The van der Waals surface area contributed by atoms with Gasteiger partial charge in [-0.1, -0.05) is 0 Å². The van der Waals surface area contributed by atoms with E-state index in [0.717, 1.165) is 5.56 Å². The lowest BCUT2D eigenvalue weighted by Gasteiger charge is -2.09. The summed E-state index contributed by atoms with van der Waals surface area (Å²) in [6, 6.07) is 14.6. The number of furan rings is 3. The number of aliphatic imine (C=N–C) groups is 1. The standard InChI is InChI=1S/C23H18N2O5/c1-3-27-17-9-8-15(12-20(17)26-2)14-25-23-16(13-24)21(18-6-4-10-28-18)22(30-23)19-7-5-11-29-19/h4-12,14H,3H2,1-2H3. The molecular formula is C23H18N2O5. The van der Waals surface area contributed by atoms with E-state index in [4.69, 9.17) is 22.7 Å². The van der Waals surface area contributed by atoms with Crippen molar-refractivity contribution >= 4 is 12.1 Å². The first kappa shape index (κ1) is 19.2. The molecule has 0 atom stereocenters. The molecule has 0 saturated carbocycles. The summed E-state index contributed by atoms with van der Waals surface area (Å²) in [6.07, 6.45) is 4.66. The molecule has 0 fully saturated rings. The molecule has 0 unspecified atom stereocenters. The van der Waals surface area contributed by atoms with Crippen molar-refractivity contribution in [3.05, 3.63) is 66.1 Å². The average Bonchev–Trinajstić information content (AvgIpc) is 3.53. The van der Waals surface area contributed by atoms with Crippen LogP contribution in [-0.4, -0.2) is 19.9 Å². The van der Waals surface area contributed by atoms with Gasteiger partial charge in [0.1, 0.15) is 17.4 Å². The second-order valence-electron chi connectivity index (χ2n) is 6.15. The zero-order valence-corrected chi connectivity index (χ0v) is 16.4. The van der Waals surface area contributed by atoms with Gasteiger partial charge in [-0.3, -0.25) is 0 Å². The molecule has 0 spiro atoms. The van der Waals surface area contributed by atoms with E-state index < -0.39 is 0 Å². The molecule has 4 rings (SSSR count). The van der Waals surface area contributed by atoms with E-state index in [1.54, 1.807) is 49.7 Å². The number of nitriles is 1. The van der Waals surface area contributed by atoms with E-state index >= 15 is 0 Å². The molecule has 30 heavy (non-hydrogen) atoms. The van der Waals surface area contributed by atoms with Crippen LogP contribution in [0, 0.1) is 11.3 Å². The van der Waals surface area contributed by atoms with Crippen molar-refractivity contribution in [3.63, 3.8) is 0 Å². The Hall–Kier alpha value is -4.18. The fourth-order valence-corrected chi connectivity index (χ4v) is 3.02. The Morgan fingerprint density at radius 3 is 2.47 bits per heavy atom. The van der Waals surface area contributed by atoms with Crippen molar-refractivity contribution in [1.29, 1.82) is 5.26 Å². The Labute approximate surface area is 172 Å². The lowest BCUT2D eigenvalue weighted by atomic mass is 10.1. The first-order chi connectivity index (χ1) is 14.7. The minimum absolute atomic E-state index is 0.156. The van der Waals surface area contributed by atoms with Crippen molar-refractivity contribution in [1.82, 2.24) is 0 Å². The smallest absolute Gasteiger partial charge is 0.238 e. The Morgan fingerprint density at radius 1 is 1.07 bits per heavy atom. The van der Waals surface area contributed by atoms with E-state index in [-0.39, 0.29) is 11.4 Å². The summed E-state index contributed by atoms with van der Waals surface area (Å²) >= 11 is 0. The average molecular weight is 402 g/mol. The van der Waals surface area contributed by atoms with E-state index in [0.29, 0.717) is 41.0 Å². The molecule has 150 valence electrons. The van der Waals surface area contributed by atoms with Crippen LogP contribution < -0.4 is 9.47 Å². The largest absolute Gasteiger partial charge is 0.493 e. The molecule has 3 aromatic heterocycles. The second-order valence-corrected chi connectivity index (χ2v) is 6.15. The number of nitrogens with zero attached hydrogens (tertiary/aromatic N) is 2. The SMILES string of the molecule is CCOc1ccc(C=Nc2oc(-c3ccco3)c(-c3ccco3)c2C#N)cc1OC. The molecule has 0 aliphatic heterocycles. The zero-order chi connectivity index (χ0) is 20.9. The van der Waals surface area contributed by atoms with Gasteiger partial charge in [0.05, 0.1) is 31.8 Å². The van der Waals surface area contributed by atoms with Crippen LogP contribution in [0.3, 0.4) is 0 Å². The molecule has 0 amide bonds.